The zero-order valence-electron chi connectivity index (χ0n) is 11.8. The predicted octanol–water partition coefficient (Wildman–Crippen LogP) is 2.27. The molecule has 16 heavy (non-hydrogen) atoms. The minimum absolute atomic E-state index is 0.0940. The Morgan fingerprint density at radius 2 is 1.88 bits per heavy atom. The van der Waals surface area contributed by atoms with Crippen LogP contribution >= 0.6 is 0 Å². The molecule has 0 fully saturated rings. The molecule has 0 aliphatic rings. The highest BCUT2D eigenvalue weighted by Crippen LogP contribution is 2.02. The van der Waals surface area contributed by atoms with E-state index in [0.29, 0.717) is 12.3 Å². The summed E-state index contributed by atoms with van der Waals surface area (Å²) in [5, 5.41) is 3.33. The fourth-order valence-corrected chi connectivity index (χ4v) is 1.31. The molecule has 0 heterocycles. The number of rotatable bonds is 6. The van der Waals surface area contributed by atoms with Crippen LogP contribution in [0.5, 0.6) is 0 Å². The first-order chi connectivity index (χ1) is 7.22. The third-order valence-electron chi connectivity index (χ3n) is 2.46. The number of nitrogens with zero attached hydrogens (tertiary/aromatic N) is 1. The summed E-state index contributed by atoms with van der Waals surface area (Å²) < 4.78 is 0. The van der Waals surface area contributed by atoms with Gasteiger partial charge in [0, 0.05) is 32.1 Å². The Morgan fingerprint density at radius 1 is 1.31 bits per heavy atom. The van der Waals surface area contributed by atoms with Gasteiger partial charge in [-0.25, -0.2) is 0 Å². The normalized spacial score (nSPS) is 11.9. The minimum atomic E-state index is 0.0940. The van der Waals surface area contributed by atoms with Crippen molar-refractivity contribution in [2.45, 2.75) is 53.0 Å². The third kappa shape index (κ3) is 8.72. The van der Waals surface area contributed by atoms with Crippen LogP contribution in [-0.4, -0.2) is 36.5 Å². The summed E-state index contributed by atoms with van der Waals surface area (Å²) in [7, 11) is 1.89. The van der Waals surface area contributed by atoms with E-state index in [1.165, 1.54) is 0 Å². The third-order valence-corrected chi connectivity index (χ3v) is 2.46. The lowest BCUT2D eigenvalue weighted by molar-refractivity contribution is -0.129. The van der Waals surface area contributed by atoms with Gasteiger partial charge in [-0.3, -0.25) is 4.79 Å². The average Bonchev–Trinajstić information content (AvgIpc) is 2.11. The topological polar surface area (TPSA) is 32.3 Å². The molecule has 0 rings (SSSR count). The van der Waals surface area contributed by atoms with Crippen molar-refractivity contribution in [3.05, 3.63) is 0 Å². The van der Waals surface area contributed by atoms with Crippen molar-refractivity contribution in [2.24, 2.45) is 5.92 Å². The number of amides is 1. The molecule has 0 radical (unpaired) electrons. The molecule has 3 nitrogen and oxygen atoms in total. The van der Waals surface area contributed by atoms with Crippen LogP contribution in [0.2, 0.25) is 0 Å². The fourth-order valence-electron chi connectivity index (χ4n) is 1.31. The van der Waals surface area contributed by atoms with Gasteiger partial charge < -0.3 is 10.2 Å². The van der Waals surface area contributed by atoms with Gasteiger partial charge in [-0.05, 0) is 33.1 Å². The predicted molar refractivity (Wildman–Crippen MR) is 69.5 cm³/mol. The molecule has 0 aliphatic carbocycles. The van der Waals surface area contributed by atoms with Crippen LogP contribution < -0.4 is 5.32 Å². The standard InChI is InChI=1S/C13H28N2O/c1-11(2)8-10-15(6)12(16)7-9-14-13(3,4)5/h11,14H,7-10H2,1-6H3. The summed E-state index contributed by atoms with van der Waals surface area (Å²) in [6.45, 7) is 12.3. The van der Waals surface area contributed by atoms with E-state index in [4.69, 9.17) is 0 Å². The number of carbonyl (C=O) groups is 1. The van der Waals surface area contributed by atoms with E-state index in [1.807, 2.05) is 11.9 Å². The Hall–Kier alpha value is -0.570. The highest BCUT2D eigenvalue weighted by Gasteiger charge is 2.12. The molecule has 0 aliphatic heterocycles. The molecule has 0 atom stereocenters. The Labute approximate surface area is 101 Å². The van der Waals surface area contributed by atoms with Crippen molar-refractivity contribution in [1.82, 2.24) is 10.2 Å². The Bertz CT molecular complexity index is 206. The molecule has 0 saturated heterocycles. The van der Waals surface area contributed by atoms with Gasteiger partial charge in [0.15, 0.2) is 0 Å². The second-order valence-corrected chi connectivity index (χ2v) is 5.92. The van der Waals surface area contributed by atoms with Crippen molar-refractivity contribution in [3.8, 4) is 0 Å². The van der Waals surface area contributed by atoms with Gasteiger partial charge in [-0.1, -0.05) is 13.8 Å². The largest absolute Gasteiger partial charge is 0.346 e. The molecule has 3 heteroatoms. The molecule has 0 spiro atoms. The van der Waals surface area contributed by atoms with Crippen LogP contribution in [0.15, 0.2) is 0 Å². The molecule has 96 valence electrons. The molecule has 0 unspecified atom stereocenters. The van der Waals surface area contributed by atoms with Gasteiger partial charge in [0.2, 0.25) is 5.91 Å². The van der Waals surface area contributed by atoms with Crippen molar-refractivity contribution in [1.29, 1.82) is 0 Å². The monoisotopic (exact) mass is 228 g/mol. The van der Waals surface area contributed by atoms with Crippen molar-refractivity contribution >= 4 is 5.91 Å². The van der Waals surface area contributed by atoms with Gasteiger partial charge in [-0.2, -0.15) is 0 Å². The second kappa shape index (κ2) is 6.89. The van der Waals surface area contributed by atoms with Gasteiger partial charge in [0.1, 0.15) is 0 Å². The van der Waals surface area contributed by atoms with Gasteiger partial charge >= 0.3 is 0 Å². The molecule has 0 bridgehead atoms. The van der Waals surface area contributed by atoms with Crippen LogP contribution in [0.1, 0.15) is 47.5 Å². The van der Waals surface area contributed by atoms with Gasteiger partial charge in [-0.15, -0.1) is 0 Å². The summed E-state index contributed by atoms with van der Waals surface area (Å²) in [5.41, 5.74) is 0.0940. The molecular weight excluding hydrogens is 200 g/mol. The fraction of sp³-hybridized carbons (Fsp3) is 0.923. The first-order valence-electron chi connectivity index (χ1n) is 6.21. The lowest BCUT2D eigenvalue weighted by Gasteiger charge is -2.22. The van der Waals surface area contributed by atoms with E-state index in [1.54, 1.807) is 0 Å². The van der Waals surface area contributed by atoms with Crippen LogP contribution in [0, 0.1) is 5.92 Å². The van der Waals surface area contributed by atoms with Crippen molar-refractivity contribution in [2.75, 3.05) is 20.1 Å². The number of hydrogen-bond acceptors (Lipinski definition) is 2. The Morgan fingerprint density at radius 3 is 2.31 bits per heavy atom. The summed E-state index contributed by atoms with van der Waals surface area (Å²) in [6.07, 6.45) is 1.67. The number of carbonyl (C=O) groups excluding carboxylic acids is 1. The maximum absolute atomic E-state index is 11.7. The highest BCUT2D eigenvalue weighted by atomic mass is 16.2. The first kappa shape index (κ1) is 15.4. The average molecular weight is 228 g/mol. The molecule has 0 aromatic heterocycles. The van der Waals surface area contributed by atoms with Crippen LogP contribution in [0.25, 0.3) is 0 Å². The summed E-state index contributed by atoms with van der Waals surface area (Å²) in [5.74, 6) is 0.889. The molecular formula is C13H28N2O. The molecule has 1 N–H and O–H groups in total. The molecule has 0 aromatic rings. The van der Waals surface area contributed by atoms with Crippen LogP contribution in [0.4, 0.5) is 0 Å². The van der Waals surface area contributed by atoms with Gasteiger partial charge in [0.05, 0.1) is 0 Å². The zero-order valence-corrected chi connectivity index (χ0v) is 11.8. The lowest BCUT2D eigenvalue weighted by atomic mass is 10.1. The molecule has 0 aromatic carbocycles. The number of nitrogens with one attached hydrogen (secondary N) is 1. The number of hydrogen-bond donors (Lipinski definition) is 1. The Balaban J connectivity index is 3.71. The van der Waals surface area contributed by atoms with Crippen molar-refractivity contribution in [3.63, 3.8) is 0 Å². The summed E-state index contributed by atoms with van der Waals surface area (Å²) >= 11 is 0. The maximum atomic E-state index is 11.7. The van der Waals surface area contributed by atoms with Crippen molar-refractivity contribution < 1.29 is 4.79 Å². The second-order valence-electron chi connectivity index (χ2n) is 5.92. The van der Waals surface area contributed by atoms with Crippen LogP contribution in [-0.2, 0) is 4.79 Å². The van der Waals surface area contributed by atoms with Gasteiger partial charge in [0.25, 0.3) is 0 Å². The summed E-state index contributed by atoms with van der Waals surface area (Å²) in [4.78, 5) is 13.6. The quantitative estimate of drug-likeness (QED) is 0.756. The SMILES string of the molecule is CC(C)CCN(C)C(=O)CCNC(C)(C)C. The van der Waals surface area contributed by atoms with E-state index >= 15 is 0 Å². The zero-order chi connectivity index (χ0) is 12.8. The van der Waals surface area contributed by atoms with E-state index in [2.05, 4.69) is 39.9 Å². The molecule has 1 amide bonds. The maximum Gasteiger partial charge on any atom is 0.223 e. The van der Waals surface area contributed by atoms with E-state index in [0.717, 1.165) is 19.5 Å². The smallest absolute Gasteiger partial charge is 0.223 e. The molecule has 0 saturated carbocycles. The Kier molecular flexibility index (Phi) is 6.65. The highest BCUT2D eigenvalue weighted by molar-refractivity contribution is 5.76. The minimum Gasteiger partial charge on any atom is -0.346 e. The summed E-state index contributed by atoms with van der Waals surface area (Å²) in [6, 6.07) is 0. The van der Waals surface area contributed by atoms with Crippen LogP contribution in [0.3, 0.4) is 0 Å². The van der Waals surface area contributed by atoms with E-state index in [9.17, 15) is 4.79 Å². The lowest BCUT2D eigenvalue weighted by Crippen LogP contribution is -2.39. The van der Waals surface area contributed by atoms with E-state index < -0.39 is 0 Å². The first-order valence-corrected chi connectivity index (χ1v) is 6.21. The van der Waals surface area contributed by atoms with E-state index in [-0.39, 0.29) is 11.4 Å².